The maximum atomic E-state index is 12.3. The van der Waals surface area contributed by atoms with Crippen molar-refractivity contribution in [1.82, 2.24) is 10.2 Å². The molecule has 0 fully saturated rings. The largest absolute Gasteiger partial charge is 0.401 e. The SMILES string of the molecule is C=C(CNC(C)C)CN(CCC)CC(F)(F)F. The van der Waals surface area contributed by atoms with Gasteiger partial charge in [0.05, 0.1) is 6.54 Å². The highest BCUT2D eigenvalue weighted by Gasteiger charge is 2.30. The van der Waals surface area contributed by atoms with Crippen LogP contribution in [0.25, 0.3) is 0 Å². The molecule has 0 aromatic heterocycles. The van der Waals surface area contributed by atoms with E-state index in [1.54, 1.807) is 0 Å². The number of nitrogens with zero attached hydrogens (tertiary/aromatic N) is 1. The van der Waals surface area contributed by atoms with Gasteiger partial charge in [-0.3, -0.25) is 4.90 Å². The minimum absolute atomic E-state index is 0.299. The van der Waals surface area contributed by atoms with Crippen LogP contribution in [0.3, 0.4) is 0 Å². The fourth-order valence-electron chi connectivity index (χ4n) is 1.50. The average Bonchev–Trinajstić information content (AvgIpc) is 2.12. The van der Waals surface area contributed by atoms with Crippen LogP contribution in [0.15, 0.2) is 12.2 Å². The van der Waals surface area contributed by atoms with E-state index in [9.17, 15) is 13.2 Å². The van der Waals surface area contributed by atoms with Gasteiger partial charge in [-0.2, -0.15) is 13.2 Å². The number of nitrogens with one attached hydrogen (secondary N) is 1. The number of rotatable bonds is 8. The molecule has 102 valence electrons. The van der Waals surface area contributed by atoms with Crippen LogP contribution in [0, 0.1) is 0 Å². The van der Waals surface area contributed by atoms with Crippen LogP contribution in [-0.4, -0.2) is 43.3 Å². The maximum absolute atomic E-state index is 12.3. The van der Waals surface area contributed by atoms with E-state index in [2.05, 4.69) is 11.9 Å². The van der Waals surface area contributed by atoms with Crippen LogP contribution < -0.4 is 5.32 Å². The zero-order chi connectivity index (χ0) is 13.5. The Morgan fingerprint density at radius 1 is 1.35 bits per heavy atom. The van der Waals surface area contributed by atoms with Crippen molar-refractivity contribution >= 4 is 0 Å². The molecule has 0 aromatic rings. The van der Waals surface area contributed by atoms with Gasteiger partial charge < -0.3 is 5.32 Å². The Kier molecular flexibility index (Phi) is 7.46. The first-order chi connectivity index (χ1) is 7.74. The lowest BCUT2D eigenvalue weighted by Crippen LogP contribution is -2.38. The standard InChI is InChI=1S/C12H23F3N2/c1-5-6-17(9-12(13,14)15)8-11(4)7-16-10(2)3/h10,16H,4-9H2,1-3H3. The molecular formula is C12H23F3N2. The Morgan fingerprint density at radius 3 is 2.35 bits per heavy atom. The molecule has 0 rings (SSSR count). The molecule has 0 spiro atoms. The quantitative estimate of drug-likeness (QED) is 0.668. The zero-order valence-electron chi connectivity index (χ0n) is 10.9. The number of hydrogen-bond acceptors (Lipinski definition) is 2. The summed E-state index contributed by atoms with van der Waals surface area (Å²) in [5.41, 5.74) is 0.788. The first-order valence-electron chi connectivity index (χ1n) is 5.93. The summed E-state index contributed by atoms with van der Waals surface area (Å²) < 4.78 is 36.9. The van der Waals surface area contributed by atoms with Gasteiger partial charge in [-0.15, -0.1) is 0 Å². The normalized spacial score (nSPS) is 12.5. The summed E-state index contributed by atoms with van der Waals surface area (Å²) in [6, 6.07) is 0.314. The first-order valence-corrected chi connectivity index (χ1v) is 5.93. The van der Waals surface area contributed by atoms with Gasteiger partial charge in [0.15, 0.2) is 0 Å². The lowest BCUT2D eigenvalue weighted by Gasteiger charge is -2.24. The number of alkyl halides is 3. The second-order valence-electron chi connectivity index (χ2n) is 4.61. The summed E-state index contributed by atoms with van der Waals surface area (Å²) >= 11 is 0. The van der Waals surface area contributed by atoms with Gasteiger partial charge in [-0.1, -0.05) is 27.4 Å². The van der Waals surface area contributed by atoms with E-state index >= 15 is 0 Å². The van der Waals surface area contributed by atoms with Crippen LogP contribution in [0.2, 0.25) is 0 Å². The topological polar surface area (TPSA) is 15.3 Å². The van der Waals surface area contributed by atoms with Crippen LogP contribution in [-0.2, 0) is 0 Å². The molecule has 0 bridgehead atoms. The lowest BCUT2D eigenvalue weighted by atomic mass is 10.2. The fraction of sp³-hybridized carbons (Fsp3) is 0.833. The maximum Gasteiger partial charge on any atom is 0.401 e. The van der Waals surface area contributed by atoms with Crippen LogP contribution >= 0.6 is 0 Å². The third kappa shape index (κ3) is 10.3. The second kappa shape index (κ2) is 7.71. The number of halogens is 3. The van der Waals surface area contributed by atoms with E-state index in [1.807, 2.05) is 20.8 Å². The van der Waals surface area contributed by atoms with Crippen molar-refractivity contribution in [3.63, 3.8) is 0 Å². The summed E-state index contributed by atoms with van der Waals surface area (Å²) in [5, 5.41) is 3.15. The predicted octanol–water partition coefficient (Wildman–Crippen LogP) is 2.81. The Hall–Kier alpha value is -0.550. The molecular weight excluding hydrogens is 229 g/mol. The van der Waals surface area contributed by atoms with Gasteiger partial charge in [0.25, 0.3) is 0 Å². The third-order valence-electron chi connectivity index (χ3n) is 2.15. The Balaban J connectivity index is 4.10. The van der Waals surface area contributed by atoms with Gasteiger partial charge in [-0.25, -0.2) is 0 Å². The van der Waals surface area contributed by atoms with Crippen molar-refractivity contribution < 1.29 is 13.2 Å². The van der Waals surface area contributed by atoms with Gasteiger partial charge in [-0.05, 0) is 18.5 Å². The molecule has 0 aliphatic carbocycles. The van der Waals surface area contributed by atoms with Crippen molar-refractivity contribution in [2.75, 3.05) is 26.2 Å². The number of hydrogen-bond donors (Lipinski definition) is 1. The van der Waals surface area contributed by atoms with Crippen molar-refractivity contribution in [2.45, 2.75) is 39.4 Å². The Morgan fingerprint density at radius 2 is 1.94 bits per heavy atom. The Bertz CT molecular complexity index is 224. The minimum Gasteiger partial charge on any atom is -0.311 e. The second-order valence-corrected chi connectivity index (χ2v) is 4.61. The highest BCUT2D eigenvalue weighted by Crippen LogP contribution is 2.17. The highest BCUT2D eigenvalue weighted by atomic mass is 19.4. The molecule has 0 saturated carbocycles. The minimum atomic E-state index is -4.14. The molecule has 0 aromatic carbocycles. The van der Waals surface area contributed by atoms with E-state index < -0.39 is 12.7 Å². The van der Waals surface area contributed by atoms with E-state index in [1.165, 1.54) is 4.90 Å². The molecule has 17 heavy (non-hydrogen) atoms. The van der Waals surface area contributed by atoms with Crippen molar-refractivity contribution in [3.8, 4) is 0 Å². The smallest absolute Gasteiger partial charge is 0.311 e. The zero-order valence-corrected chi connectivity index (χ0v) is 10.9. The molecule has 5 heteroatoms. The molecule has 2 nitrogen and oxygen atoms in total. The molecule has 0 aliphatic heterocycles. The molecule has 0 heterocycles. The summed E-state index contributed by atoms with van der Waals surface area (Å²) in [6.07, 6.45) is -3.43. The summed E-state index contributed by atoms with van der Waals surface area (Å²) in [5.74, 6) is 0. The van der Waals surface area contributed by atoms with E-state index in [-0.39, 0.29) is 0 Å². The molecule has 1 N–H and O–H groups in total. The average molecular weight is 252 g/mol. The molecule has 0 saturated heterocycles. The lowest BCUT2D eigenvalue weighted by molar-refractivity contribution is -0.145. The highest BCUT2D eigenvalue weighted by molar-refractivity contribution is 5.00. The molecule has 0 aliphatic rings. The van der Waals surface area contributed by atoms with Crippen LogP contribution in [0.4, 0.5) is 13.2 Å². The van der Waals surface area contributed by atoms with Crippen molar-refractivity contribution in [3.05, 3.63) is 12.2 Å². The van der Waals surface area contributed by atoms with Gasteiger partial charge >= 0.3 is 6.18 Å². The molecule has 0 unspecified atom stereocenters. The molecule has 0 radical (unpaired) electrons. The van der Waals surface area contributed by atoms with Crippen LogP contribution in [0.1, 0.15) is 27.2 Å². The fourth-order valence-corrected chi connectivity index (χ4v) is 1.50. The van der Waals surface area contributed by atoms with Crippen LogP contribution in [0.5, 0.6) is 0 Å². The summed E-state index contributed by atoms with van der Waals surface area (Å²) in [7, 11) is 0. The molecule has 0 amide bonds. The Labute approximate surface area is 102 Å². The van der Waals surface area contributed by atoms with E-state index in [4.69, 9.17) is 0 Å². The van der Waals surface area contributed by atoms with E-state index in [0.717, 1.165) is 5.57 Å². The summed E-state index contributed by atoms with van der Waals surface area (Å²) in [6.45, 7) is 10.1. The van der Waals surface area contributed by atoms with Crippen molar-refractivity contribution in [2.24, 2.45) is 0 Å². The predicted molar refractivity (Wildman–Crippen MR) is 65.1 cm³/mol. The monoisotopic (exact) mass is 252 g/mol. The first kappa shape index (κ1) is 16.4. The van der Waals surface area contributed by atoms with Crippen molar-refractivity contribution in [1.29, 1.82) is 0 Å². The molecule has 0 atom stereocenters. The van der Waals surface area contributed by atoms with Gasteiger partial charge in [0.2, 0.25) is 0 Å². The summed E-state index contributed by atoms with van der Waals surface area (Å²) in [4.78, 5) is 1.39. The van der Waals surface area contributed by atoms with Gasteiger partial charge in [0, 0.05) is 19.1 Å². The van der Waals surface area contributed by atoms with Gasteiger partial charge in [0.1, 0.15) is 0 Å². The third-order valence-corrected chi connectivity index (χ3v) is 2.15. The van der Waals surface area contributed by atoms with E-state index in [0.29, 0.717) is 32.1 Å².